The van der Waals surface area contributed by atoms with Gasteiger partial charge in [0.15, 0.2) is 0 Å². The first kappa shape index (κ1) is 27.0. The average molecular weight is 541 g/mol. The molecular formula is C28H36N4O7. The summed E-state index contributed by atoms with van der Waals surface area (Å²) >= 11 is 0. The number of carbonyl (C=O) groups excluding carboxylic acids is 2. The number of amides is 2. The van der Waals surface area contributed by atoms with Crippen molar-refractivity contribution in [2.24, 2.45) is 11.8 Å². The Labute approximate surface area is 227 Å². The van der Waals surface area contributed by atoms with Crippen molar-refractivity contribution < 1.29 is 33.7 Å². The molecule has 11 heteroatoms. The van der Waals surface area contributed by atoms with Crippen LogP contribution in [0.4, 0.5) is 4.79 Å². The van der Waals surface area contributed by atoms with Crippen LogP contribution in [0.3, 0.4) is 0 Å². The lowest BCUT2D eigenvalue weighted by Gasteiger charge is -2.26. The van der Waals surface area contributed by atoms with E-state index in [0.717, 1.165) is 37.6 Å². The highest BCUT2D eigenvalue weighted by Gasteiger charge is 2.50. The van der Waals surface area contributed by atoms with E-state index in [9.17, 15) is 19.5 Å². The van der Waals surface area contributed by atoms with Crippen LogP contribution < -0.4 is 14.8 Å². The largest absolute Gasteiger partial charge is 0.497 e. The second kappa shape index (κ2) is 11.2. The highest BCUT2D eigenvalue weighted by Crippen LogP contribution is 2.39. The Morgan fingerprint density at radius 1 is 1.15 bits per heavy atom. The summed E-state index contributed by atoms with van der Waals surface area (Å²) < 4.78 is 17.3. The number of aromatic nitrogens is 2. The van der Waals surface area contributed by atoms with Gasteiger partial charge in [-0.2, -0.15) is 0 Å². The van der Waals surface area contributed by atoms with Crippen LogP contribution in [-0.4, -0.2) is 75.9 Å². The molecule has 5 rings (SSSR count). The van der Waals surface area contributed by atoms with E-state index in [1.165, 1.54) is 4.90 Å². The molecule has 2 bridgehead atoms. The summed E-state index contributed by atoms with van der Waals surface area (Å²) in [6, 6.07) is 3.44. The number of carboxylic acids is 1. The number of hydrogen-bond acceptors (Lipinski definition) is 8. The van der Waals surface area contributed by atoms with Crippen LogP contribution in [0.15, 0.2) is 18.2 Å². The Kier molecular flexibility index (Phi) is 7.76. The Bertz CT molecular complexity index is 1250. The van der Waals surface area contributed by atoms with Gasteiger partial charge in [0.05, 0.1) is 24.7 Å². The molecule has 2 fully saturated rings. The number of nitrogens with one attached hydrogen (secondary N) is 1. The maximum atomic E-state index is 13.4. The molecule has 0 unspecified atom stereocenters. The first-order chi connectivity index (χ1) is 18.8. The van der Waals surface area contributed by atoms with Gasteiger partial charge in [0.2, 0.25) is 11.8 Å². The molecule has 1 saturated heterocycles. The maximum Gasteiger partial charge on any atom is 0.408 e. The van der Waals surface area contributed by atoms with Gasteiger partial charge in [-0.3, -0.25) is 4.79 Å². The van der Waals surface area contributed by atoms with E-state index in [1.807, 2.05) is 19.1 Å². The zero-order chi connectivity index (χ0) is 27.7. The fraction of sp³-hybridized carbons (Fsp3) is 0.607. The third-order valence-electron chi connectivity index (χ3n) is 8.08. The Morgan fingerprint density at radius 3 is 2.72 bits per heavy atom. The molecule has 0 spiro atoms. The summed E-state index contributed by atoms with van der Waals surface area (Å²) in [6.45, 7) is 3.47. The number of alkyl carbamates (subject to hydrolysis) is 1. The quantitative estimate of drug-likeness (QED) is 0.600. The molecule has 1 aromatic heterocycles. The number of rotatable bonds is 3. The van der Waals surface area contributed by atoms with E-state index in [4.69, 9.17) is 24.2 Å². The standard InChI is InChI=1S/C28H36N4O7/c1-4-18-23-14-32(24(18)27(34)35)26(33)15(2)29-28(36)39-22-12-16(22)8-6-5-7-9-20-25(38-23)31-21-13-17(37-3)10-11-19(21)30-20/h10-11,13,15-16,18,22-24H,4-9,12,14H2,1-3H3,(H,29,36)(H,34,35)/t15-,16+,18+,22+,23-,24-/m0/s1. The lowest BCUT2D eigenvalue weighted by molar-refractivity contribution is -0.150. The number of methoxy groups -OCH3 is 1. The topological polar surface area (TPSA) is 140 Å². The maximum absolute atomic E-state index is 13.4. The predicted molar refractivity (Wildman–Crippen MR) is 141 cm³/mol. The smallest absolute Gasteiger partial charge is 0.408 e. The molecular weight excluding hydrogens is 504 g/mol. The van der Waals surface area contributed by atoms with Crippen molar-refractivity contribution >= 4 is 29.0 Å². The van der Waals surface area contributed by atoms with Crippen molar-refractivity contribution in [2.45, 2.75) is 83.1 Å². The SMILES string of the molecule is CC[C@@H]1[C@@H]2CN(C(=O)[C@H](C)NC(=O)O[C@@H]3C[C@H]3CCCCCc3nc4ccc(OC)cc4nc3O2)[C@@H]1C(=O)O. The van der Waals surface area contributed by atoms with Crippen LogP contribution in [0.5, 0.6) is 11.6 Å². The second-order valence-corrected chi connectivity index (χ2v) is 10.7. The number of benzene rings is 1. The first-order valence-corrected chi connectivity index (χ1v) is 13.8. The van der Waals surface area contributed by atoms with Crippen molar-refractivity contribution in [3.63, 3.8) is 0 Å². The van der Waals surface area contributed by atoms with Gasteiger partial charge in [-0.25, -0.2) is 19.6 Å². The molecule has 0 radical (unpaired) electrons. The van der Waals surface area contributed by atoms with Gasteiger partial charge in [0.1, 0.15) is 35.7 Å². The summed E-state index contributed by atoms with van der Waals surface area (Å²) in [5.41, 5.74) is 2.05. The van der Waals surface area contributed by atoms with Crippen LogP contribution in [0.25, 0.3) is 11.0 Å². The number of carbonyl (C=O) groups is 3. The van der Waals surface area contributed by atoms with Gasteiger partial charge < -0.3 is 29.5 Å². The normalized spacial score (nSPS) is 29.7. The second-order valence-electron chi connectivity index (χ2n) is 10.7. The zero-order valence-corrected chi connectivity index (χ0v) is 22.6. The number of ether oxygens (including phenoxy) is 3. The van der Waals surface area contributed by atoms with Crippen LogP contribution in [0.1, 0.15) is 58.1 Å². The van der Waals surface area contributed by atoms with E-state index in [-0.39, 0.29) is 12.6 Å². The average Bonchev–Trinajstić information content (AvgIpc) is 3.53. The van der Waals surface area contributed by atoms with Gasteiger partial charge >= 0.3 is 12.1 Å². The Morgan fingerprint density at radius 2 is 1.97 bits per heavy atom. The summed E-state index contributed by atoms with van der Waals surface area (Å²) in [6.07, 6.45) is 4.39. The van der Waals surface area contributed by atoms with Crippen LogP contribution >= 0.6 is 0 Å². The summed E-state index contributed by atoms with van der Waals surface area (Å²) in [5.74, 6) is -0.753. The Balaban J connectivity index is 1.49. The van der Waals surface area contributed by atoms with Crippen LogP contribution in [0.2, 0.25) is 0 Å². The predicted octanol–water partition coefficient (Wildman–Crippen LogP) is 3.33. The summed E-state index contributed by atoms with van der Waals surface area (Å²) in [7, 11) is 1.58. The molecule has 1 aromatic carbocycles. The highest BCUT2D eigenvalue weighted by molar-refractivity contribution is 5.90. The van der Waals surface area contributed by atoms with Crippen molar-refractivity contribution in [3.8, 4) is 11.6 Å². The molecule has 11 nitrogen and oxygen atoms in total. The van der Waals surface area contributed by atoms with Crippen LogP contribution in [-0.2, 0) is 20.7 Å². The number of hydrogen-bond donors (Lipinski definition) is 2. The monoisotopic (exact) mass is 540 g/mol. The van der Waals surface area contributed by atoms with E-state index in [1.54, 1.807) is 20.1 Å². The Hall–Kier alpha value is -3.63. The number of fused-ring (bicyclic) bond motifs is 5. The molecule has 3 aliphatic rings. The number of aliphatic carboxylic acids is 1. The fourth-order valence-corrected chi connectivity index (χ4v) is 5.82. The van der Waals surface area contributed by atoms with Crippen molar-refractivity contribution in [3.05, 3.63) is 23.9 Å². The zero-order valence-electron chi connectivity index (χ0n) is 22.6. The third-order valence-corrected chi connectivity index (χ3v) is 8.08. The van der Waals surface area contributed by atoms with Gasteiger partial charge in [0.25, 0.3) is 0 Å². The lowest BCUT2D eigenvalue weighted by atomic mass is 9.95. The highest BCUT2D eigenvalue weighted by atomic mass is 16.6. The molecule has 2 amide bonds. The third kappa shape index (κ3) is 5.72. The number of aryl methyl sites for hydroxylation is 1. The number of carboxylic acid groups (broad SMARTS) is 1. The van der Waals surface area contributed by atoms with E-state index in [2.05, 4.69) is 5.32 Å². The molecule has 6 atom stereocenters. The molecule has 210 valence electrons. The lowest BCUT2D eigenvalue weighted by Crippen LogP contribution is -2.51. The first-order valence-electron chi connectivity index (χ1n) is 13.8. The van der Waals surface area contributed by atoms with Gasteiger partial charge in [-0.05, 0) is 57.1 Å². The molecule has 39 heavy (non-hydrogen) atoms. The molecule has 2 aliphatic heterocycles. The van der Waals surface area contributed by atoms with E-state index in [0.29, 0.717) is 41.6 Å². The van der Waals surface area contributed by atoms with Gasteiger partial charge in [0, 0.05) is 12.0 Å². The van der Waals surface area contributed by atoms with E-state index >= 15 is 0 Å². The minimum Gasteiger partial charge on any atom is -0.497 e. The van der Waals surface area contributed by atoms with Crippen molar-refractivity contribution in [2.75, 3.05) is 13.7 Å². The summed E-state index contributed by atoms with van der Waals surface area (Å²) in [5, 5.41) is 12.7. The minimum absolute atomic E-state index is 0.0529. The molecule has 2 aromatic rings. The van der Waals surface area contributed by atoms with Crippen LogP contribution in [0, 0.1) is 11.8 Å². The minimum atomic E-state index is -1.11. The van der Waals surface area contributed by atoms with Gasteiger partial charge in [-0.1, -0.05) is 19.8 Å². The fourth-order valence-electron chi connectivity index (χ4n) is 5.82. The van der Waals surface area contributed by atoms with Crippen molar-refractivity contribution in [1.29, 1.82) is 0 Å². The van der Waals surface area contributed by atoms with Gasteiger partial charge in [-0.15, -0.1) is 0 Å². The molecule has 3 heterocycles. The molecule has 1 saturated carbocycles. The molecule has 2 N–H and O–H groups in total. The molecule has 1 aliphatic carbocycles. The summed E-state index contributed by atoms with van der Waals surface area (Å²) in [4.78, 5) is 49.1. The van der Waals surface area contributed by atoms with Crippen molar-refractivity contribution in [1.82, 2.24) is 20.2 Å². The van der Waals surface area contributed by atoms with E-state index < -0.39 is 42.1 Å². The number of nitrogens with zero attached hydrogens (tertiary/aromatic N) is 3.